The van der Waals surface area contributed by atoms with E-state index in [2.05, 4.69) is 0 Å². The van der Waals surface area contributed by atoms with Gasteiger partial charge < -0.3 is 54.7 Å². The molecule has 152 valence electrons. The molecular formula is C14H24O12. The number of carbonyl (C=O) groups is 1. The summed E-state index contributed by atoms with van der Waals surface area (Å²) in [5.74, 6) is -0.660. The fourth-order valence-corrected chi connectivity index (χ4v) is 2.76. The van der Waals surface area contributed by atoms with Crippen molar-refractivity contribution in [1.29, 1.82) is 0 Å². The molecule has 0 aromatic rings. The van der Waals surface area contributed by atoms with Crippen LogP contribution in [0.2, 0.25) is 0 Å². The maximum Gasteiger partial charge on any atom is 0.302 e. The van der Waals surface area contributed by atoms with Crippen LogP contribution in [0, 0.1) is 0 Å². The highest BCUT2D eigenvalue weighted by Gasteiger charge is 2.50. The van der Waals surface area contributed by atoms with Crippen molar-refractivity contribution in [3.63, 3.8) is 0 Å². The summed E-state index contributed by atoms with van der Waals surface area (Å²) in [6.45, 7) is -0.00621. The molecule has 10 atom stereocenters. The zero-order chi connectivity index (χ0) is 19.6. The Morgan fingerprint density at radius 1 is 0.885 bits per heavy atom. The van der Waals surface area contributed by atoms with Crippen molar-refractivity contribution in [3.05, 3.63) is 0 Å². The van der Waals surface area contributed by atoms with Crippen molar-refractivity contribution in [1.82, 2.24) is 0 Å². The first-order valence-electron chi connectivity index (χ1n) is 7.96. The molecular weight excluding hydrogens is 360 g/mol. The minimum atomic E-state index is -1.76. The summed E-state index contributed by atoms with van der Waals surface area (Å²) in [7, 11) is 0. The van der Waals surface area contributed by atoms with Gasteiger partial charge in [0.05, 0.1) is 6.61 Å². The molecule has 2 aliphatic heterocycles. The van der Waals surface area contributed by atoms with Gasteiger partial charge in [-0.15, -0.1) is 0 Å². The minimum absolute atomic E-state index is 0.436. The standard InChI is InChI=1S/C14H24O12/c1-4(16)23-3-6-7(17)8(18)11(21)14(25-6)26-12-5(2-15)24-13(22)10(20)9(12)19/h5-15,17-22H,2-3H2,1H3/t5?,6?,7-,8-,9+,10?,11?,12+,13?,14-/m0/s1. The molecule has 0 amide bonds. The van der Waals surface area contributed by atoms with Crippen molar-refractivity contribution < 1.29 is 59.5 Å². The Bertz CT molecular complexity index is 473. The first-order valence-corrected chi connectivity index (χ1v) is 7.96. The second-order valence-corrected chi connectivity index (χ2v) is 6.15. The van der Waals surface area contributed by atoms with Crippen LogP contribution < -0.4 is 0 Å². The third kappa shape index (κ3) is 4.48. The molecule has 2 aliphatic rings. The van der Waals surface area contributed by atoms with Crippen LogP contribution in [0.3, 0.4) is 0 Å². The van der Waals surface area contributed by atoms with Crippen LogP contribution in [0.4, 0.5) is 0 Å². The van der Waals surface area contributed by atoms with Gasteiger partial charge in [-0.05, 0) is 0 Å². The number of hydrogen-bond acceptors (Lipinski definition) is 12. The van der Waals surface area contributed by atoms with Crippen molar-refractivity contribution in [2.24, 2.45) is 0 Å². The third-order valence-electron chi connectivity index (χ3n) is 4.25. The summed E-state index contributed by atoms with van der Waals surface area (Å²) in [5, 5.41) is 68.4. The van der Waals surface area contributed by atoms with Gasteiger partial charge >= 0.3 is 5.97 Å². The van der Waals surface area contributed by atoms with Crippen LogP contribution in [0.15, 0.2) is 0 Å². The Hall–Kier alpha value is -0.930. The molecule has 12 heteroatoms. The molecule has 2 heterocycles. The summed E-state index contributed by atoms with van der Waals surface area (Å²) in [6, 6.07) is 0. The molecule has 7 N–H and O–H groups in total. The largest absolute Gasteiger partial charge is 0.463 e. The molecule has 12 nitrogen and oxygen atoms in total. The maximum atomic E-state index is 10.9. The molecule has 0 aromatic heterocycles. The number of ether oxygens (including phenoxy) is 4. The lowest BCUT2D eigenvalue weighted by Crippen LogP contribution is -2.64. The molecule has 0 spiro atoms. The van der Waals surface area contributed by atoms with Gasteiger partial charge in [-0.25, -0.2) is 0 Å². The van der Waals surface area contributed by atoms with E-state index in [0.717, 1.165) is 6.92 Å². The van der Waals surface area contributed by atoms with E-state index in [-0.39, 0.29) is 0 Å². The number of aliphatic hydroxyl groups is 7. The average Bonchev–Trinajstić information content (AvgIpc) is 2.60. The second-order valence-electron chi connectivity index (χ2n) is 6.15. The molecule has 0 aromatic carbocycles. The molecule has 2 rings (SSSR count). The molecule has 0 bridgehead atoms. The molecule has 2 saturated heterocycles. The van der Waals surface area contributed by atoms with Gasteiger partial charge in [-0.1, -0.05) is 0 Å². The first-order chi connectivity index (χ1) is 12.2. The van der Waals surface area contributed by atoms with Crippen LogP contribution in [0.5, 0.6) is 0 Å². The maximum absolute atomic E-state index is 10.9. The van der Waals surface area contributed by atoms with Gasteiger partial charge in [-0.3, -0.25) is 4.79 Å². The van der Waals surface area contributed by atoms with Crippen LogP contribution in [0.25, 0.3) is 0 Å². The smallest absolute Gasteiger partial charge is 0.302 e. The molecule has 0 aliphatic carbocycles. The Balaban J connectivity index is 2.10. The Morgan fingerprint density at radius 2 is 1.54 bits per heavy atom. The van der Waals surface area contributed by atoms with E-state index >= 15 is 0 Å². The van der Waals surface area contributed by atoms with Crippen molar-refractivity contribution in [3.8, 4) is 0 Å². The first kappa shape index (κ1) is 21.4. The summed E-state index contributed by atoms with van der Waals surface area (Å²) >= 11 is 0. The SMILES string of the molecule is CC(=O)OCC1O[C@@H](O[C@@H]2C(CO)OC(O)C(O)[C@H]2O)C(O)[C@@H](O)[C@H]1O. The van der Waals surface area contributed by atoms with Crippen LogP contribution >= 0.6 is 0 Å². The minimum Gasteiger partial charge on any atom is -0.463 e. The van der Waals surface area contributed by atoms with Crippen LogP contribution in [-0.2, 0) is 23.7 Å². The molecule has 2 fully saturated rings. The van der Waals surface area contributed by atoms with Gasteiger partial charge in [0.25, 0.3) is 0 Å². The highest BCUT2D eigenvalue weighted by molar-refractivity contribution is 5.65. The molecule has 26 heavy (non-hydrogen) atoms. The number of aliphatic hydroxyl groups excluding tert-OH is 7. The van der Waals surface area contributed by atoms with E-state index in [1.807, 2.05) is 0 Å². The summed E-state index contributed by atoms with van der Waals surface area (Å²) in [5.41, 5.74) is 0. The molecule has 5 unspecified atom stereocenters. The lowest BCUT2D eigenvalue weighted by molar-refractivity contribution is -0.355. The second kappa shape index (κ2) is 8.84. The van der Waals surface area contributed by atoms with Crippen LogP contribution in [0.1, 0.15) is 6.92 Å². The van der Waals surface area contributed by atoms with E-state index in [1.54, 1.807) is 0 Å². The van der Waals surface area contributed by atoms with Gasteiger partial charge in [0.2, 0.25) is 0 Å². The topological polar surface area (TPSA) is 196 Å². The van der Waals surface area contributed by atoms with Crippen molar-refractivity contribution in [2.75, 3.05) is 13.2 Å². The summed E-state index contributed by atoms with van der Waals surface area (Å²) < 4.78 is 20.3. The zero-order valence-corrected chi connectivity index (χ0v) is 13.9. The molecule has 0 saturated carbocycles. The van der Waals surface area contributed by atoms with E-state index in [1.165, 1.54) is 0 Å². The predicted octanol–water partition coefficient (Wildman–Crippen LogP) is -4.83. The lowest BCUT2D eigenvalue weighted by Gasteiger charge is -2.45. The number of esters is 1. The molecule has 0 radical (unpaired) electrons. The van der Waals surface area contributed by atoms with Crippen molar-refractivity contribution >= 4 is 5.97 Å². The van der Waals surface area contributed by atoms with Crippen LogP contribution in [-0.4, -0.2) is 116 Å². The number of rotatable bonds is 5. The van der Waals surface area contributed by atoms with E-state index in [9.17, 15) is 40.5 Å². The summed E-state index contributed by atoms with van der Waals surface area (Å²) in [4.78, 5) is 10.9. The van der Waals surface area contributed by atoms with Gasteiger partial charge in [0.15, 0.2) is 12.6 Å². The highest BCUT2D eigenvalue weighted by atomic mass is 16.7. The van der Waals surface area contributed by atoms with Gasteiger partial charge in [-0.2, -0.15) is 0 Å². The summed E-state index contributed by atoms with van der Waals surface area (Å²) in [6.07, 6.45) is -15.8. The highest BCUT2D eigenvalue weighted by Crippen LogP contribution is 2.28. The average molecular weight is 384 g/mol. The Kier molecular flexibility index (Phi) is 7.27. The van der Waals surface area contributed by atoms with Gasteiger partial charge in [0, 0.05) is 6.92 Å². The fraction of sp³-hybridized carbons (Fsp3) is 0.929. The fourth-order valence-electron chi connectivity index (χ4n) is 2.76. The monoisotopic (exact) mass is 384 g/mol. The van der Waals surface area contributed by atoms with E-state index in [4.69, 9.17) is 18.9 Å². The Morgan fingerprint density at radius 3 is 2.12 bits per heavy atom. The van der Waals surface area contributed by atoms with Gasteiger partial charge in [0.1, 0.15) is 55.4 Å². The quantitative estimate of drug-likeness (QED) is 0.224. The normalized spacial score (nSPS) is 46.8. The van der Waals surface area contributed by atoms with Crippen molar-refractivity contribution in [2.45, 2.75) is 68.3 Å². The number of carbonyl (C=O) groups excluding carboxylic acids is 1. The predicted molar refractivity (Wildman–Crippen MR) is 78.2 cm³/mol. The Labute approximate surface area is 148 Å². The third-order valence-corrected chi connectivity index (χ3v) is 4.25. The zero-order valence-electron chi connectivity index (χ0n) is 13.9. The van der Waals surface area contributed by atoms with E-state index < -0.39 is 80.6 Å². The number of hydrogen-bond donors (Lipinski definition) is 7. The van der Waals surface area contributed by atoms with E-state index in [0.29, 0.717) is 0 Å². The lowest BCUT2D eigenvalue weighted by atomic mass is 9.97.